The van der Waals surface area contributed by atoms with Crippen molar-refractivity contribution >= 4 is 0 Å². The van der Waals surface area contributed by atoms with Crippen molar-refractivity contribution in [2.75, 3.05) is 6.61 Å². The van der Waals surface area contributed by atoms with Gasteiger partial charge in [-0.2, -0.15) is 0 Å². The van der Waals surface area contributed by atoms with Crippen molar-refractivity contribution in [3.05, 3.63) is 23.3 Å². The predicted octanol–water partition coefficient (Wildman–Crippen LogP) is 1.25. The van der Waals surface area contributed by atoms with Gasteiger partial charge in [0.15, 0.2) is 0 Å². The zero-order chi connectivity index (χ0) is 10.6. The number of rotatable bonds is 1. The van der Waals surface area contributed by atoms with Crippen LogP contribution in [0.3, 0.4) is 0 Å². The second kappa shape index (κ2) is 4.73. The molecule has 0 spiro atoms. The van der Waals surface area contributed by atoms with Gasteiger partial charge in [0.1, 0.15) is 12.4 Å². The standard InChI is InChI=1S/C11H14N2O/c1-8(2)11-12-7-10(5-4-6-14)9(3)13-11/h7-8,14H,6H2,1-3H3. The molecule has 1 heterocycles. The van der Waals surface area contributed by atoms with Crippen LogP contribution in [0.15, 0.2) is 6.20 Å². The Balaban J connectivity index is 3.01. The minimum Gasteiger partial charge on any atom is -0.384 e. The molecule has 3 nitrogen and oxygen atoms in total. The van der Waals surface area contributed by atoms with Gasteiger partial charge in [-0.15, -0.1) is 0 Å². The van der Waals surface area contributed by atoms with E-state index < -0.39 is 0 Å². The lowest BCUT2D eigenvalue weighted by Crippen LogP contribution is -2.00. The van der Waals surface area contributed by atoms with Crippen LogP contribution in [0.4, 0.5) is 0 Å². The molecule has 0 saturated heterocycles. The summed E-state index contributed by atoms with van der Waals surface area (Å²) in [6.07, 6.45) is 1.71. The van der Waals surface area contributed by atoms with Crippen LogP contribution in [0.1, 0.15) is 36.8 Å². The van der Waals surface area contributed by atoms with E-state index >= 15 is 0 Å². The number of nitrogens with zero attached hydrogens (tertiary/aromatic N) is 2. The highest BCUT2D eigenvalue weighted by molar-refractivity contribution is 5.35. The van der Waals surface area contributed by atoms with Crippen molar-refractivity contribution in [1.29, 1.82) is 0 Å². The summed E-state index contributed by atoms with van der Waals surface area (Å²) in [5.41, 5.74) is 1.65. The summed E-state index contributed by atoms with van der Waals surface area (Å²) in [6, 6.07) is 0. The van der Waals surface area contributed by atoms with E-state index in [9.17, 15) is 0 Å². The number of aliphatic hydroxyl groups is 1. The molecule has 0 bridgehead atoms. The topological polar surface area (TPSA) is 46.0 Å². The van der Waals surface area contributed by atoms with Gasteiger partial charge in [0, 0.05) is 12.1 Å². The third-order valence-corrected chi connectivity index (χ3v) is 1.82. The second-order valence-corrected chi connectivity index (χ2v) is 3.34. The van der Waals surface area contributed by atoms with Crippen LogP contribution in [-0.4, -0.2) is 21.7 Å². The van der Waals surface area contributed by atoms with E-state index in [1.807, 2.05) is 20.8 Å². The molecule has 1 aromatic rings. The molecule has 0 amide bonds. The highest BCUT2D eigenvalue weighted by Gasteiger charge is 2.04. The Morgan fingerprint density at radius 1 is 1.50 bits per heavy atom. The molecule has 74 valence electrons. The zero-order valence-corrected chi connectivity index (χ0v) is 8.70. The molecule has 0 aromatic carbocycles. The van der Waals surface area contributed by atoms with E-state index in [-0.39, 0.29) is 6.61 Å². The summed E-state index contributed by atoms with van der Waals surface area (Å²) in [7, 11) is 0. The van der Waals surface area contributed by atoms with E-state index in [1.54, 1.807) is 6.20 Å². The fourth-order valence-corrected chi connectivity index (χ4v) is 1.02. The summed E-state index contributed by atoms with van der Waals surface area (Å²) < 4.78 is 0. The maximum Gasteiger partial charge on any atom is 0.131 e. The lowest BCUT2D eigenvalue weighted by atomic mass is 10.2. The van der Waals surface area contributed by atoms with E-state index in [1.165, 1.54) is 0 Å². The monoisotopic (exact) mass is 190 g/mol. The van der Waals surface area contributed by atoms with Crippen molar-refractivity contribution in [1.82, 2.24) is 9.97 Å². The molecule has 1 N–H and O–H groups in total. The zero-order valence-electron chi connectivity index (χ0n) is 8.70. The summed E-state index contributed by atoms with van der Waals surface area (Å²) in [5, 5.41) is 8.55. The minimum atomic E-state index is -0.134. The van der Waals surface area contributed by atoms with Crippen molar-refractivity contribution in [3.63, 3.8) is 0 Å². The summed E-state index contributed by atoms with van der Waals surface area (Å²) in [6.45, 7) is 5.86. The quantitative estimate of drug-likeness (QED) is 0.678. The van der Waals surface area contributed by atoms with Gasteiger partial charge in [-0.05, 0) is 6.92 Å². The fraction of sp³-hybridized carbons (Fsp3) is 0.455. The van der Waals surface area contributed by atoms with Crippen LogP contribution >= 0.6 is 0 Å². The molecule has 0 atom stereocenters. The van der Waals surface area contributed by atoms with Crippen molar-refractivity contribution in [2.24, 2.45) is 0 Å². The van der Waals surface area contributed by atoms with Crippen LogP contribution in [0, 0.1) is 18.8 Å². The number of hydrogen-bond donors (Lipinski definition) is 1. The molecule has 0 fully saturated rings. The smallest absolute Gasteiger partial charge is 0.131 e. The Morgan fingerprint density at radius 2 is 2.21 bits per heavy atom. The second-order valence-electron chi connectivity index (χ2n) is 3.34. The first-order valence-corrected chi connectivity index (χ1v) is 4.58. The van der Waals surface area contributed by atoms with Gasteiger partial charge in [-0.3, -0.25) is 0 Å². The summed E-state index contributed by atoms with van der Waals surface area (Å²) in [4.78, 5) is 8.53. The lowest BCUT2D eigenvalue weighted by molar-refractivity contribution is 0.350. The van der Waals surface area contributed by atoms with E-state index in [0.717, 1.165) is 17.1 Å². The SMILES string of the molecule is Cc1nc(C(C)C)ncc1C#CCO. The largest absolute Gasteiger partial charge is 0.384 e. The normalized spacial score (nSPS) is 9.79. The molecule has 14 heavy (non-hydrogen) atoms. The Bertz CT molecular complexity index is 375. The predicted molar refractivity (Wildman–Crippen MR) is 54.8 cm³/mol. The van der Waals surface area contributed by atoms with Gasteiger partial charge in [0.05, 0.1) is 11.3 Å². The molecule has 0 aliphatic heterocycles. The van der Waals surface area contributed by atoms with Crippen LogP contribution in [0.5, 0.6) is 0 Å². The Kier molecular flexibility index (Phi) is 3.61. The molecule has 1 aromatic heterocycles. The fourth-order valence-electron chi connectivity index (χ4n) is 1.02. The molecule has 3 heteroatoms. The molecule has 1 rings (SSSR count). The molecular weight excluding hydrogens is 176 g/mol. The van der Waals surface area contributed by atoms with E-state index in [2.05, 4.69) is 21.8 Å². The van der Waals surface area contributed by atoms with Gasteiger partial charge in [-0.1, -0.05) is 25.7 Å². The van der Waals surface area contributed by atoms with Crippen LogP contribution in [0.2, 0.25) is 0 Å². The van der Waals surface area contributed by atoms with Crippen LogP contribution < -0.4 is 0 Å². The van der Waals surface area contributed by atoms with Gasteiger partial charge in [0.25, 0.3) is 0 Å². The molecule has 0 aliphatic carbocycles. The van der Waals surface area contributed by atoms with Crippen molar-refractivity contribution in [3.8, 4) is 11.8 Å². The first-order valence-electron chi connectivity index (χ1n) is 4.58. The van der Waals surface area contributed by atoms with Crippen LogP contribution in [-0.2, 0) is 0 Å². The van der Waals surface area contributed by atoms with Crippen molar-refractivity contribution in [2.45, 2.75) is 26.7 Å². The van der Waals surface area contributed by atoms with Gasteiger partial charge < -0.3 is 5.11 Å². The highest BCUT2D eigenvalue weighted by Crippen LogP contribution is 2.10. The lowest BCUT2D eigenvalue weighted by Gasteiger charge is -2.04. The number of hydrogen-bond acceptors (Lipinski definition) is 3. The van der Waals surface area contributed by atoms with Gasteiger partial charge >= 0.3 is 0 Å². The Morgan fingerprint density at radius 3 is 2.71 bits per heavy atom. The van der Waals surface area contributed by atoms with Gasteiger partial charge in [0.2, 0.25) is 0 Å². The van der Waals surface area contributed by atoms with Crippen LogP contribution in [0.25, 0.3) is 0 Å². The first kappa shape index (κ1) is 10.7. The van der Waals surface area contributed by atoms with E-state index in [4.69, 9.17) is 5.11 Å². The summed E-state index contributed by atoms with van der Waals surface area (Å²) >= 11 is 0. The number of aliphatic hydroxyl groups excluding tert-OH is 1. The number of aryl methyl sites for hydroxylation is 1. The van der Waals surface area contributed by atoms with Gasteiger partial charge in [-0.25, -0.2) is 9.97 Å². The molecule has 0 unspecified atom stereocenters. The number of aromatic nitrogens is 2. The summed E-state index contributed by atoms with van der Waals surface area (Å²) in [5.74, 6) is 6.54. The average Bonchev–Trinajstić information content (AvgIpc) is 2.15. The first-order chi connectivity index (χ1) is 6.65. The minimum absolute atomic E-state index is 0.134. The maximum atomic E-state index is 8.55. The average molecular weight is 190 g/mol. The Labute approximate surface area is 84.2 Å². The van der Waals surface area contributed by atoms with Crippen molar-refractivity contribution < 1.29 is 5.11 Å². The van der Waals surface area contributed by atoms with E-state index in [0.29, 0.717) is 5.92 Å². The molecular formula is C11H14N2O. The third-order valence-electron chi connectivity index (χ3n) is 1.82. The molecule has 0 saturated carbocycles. The Hall–Kier alpha value is -1.40. The third kappa shape index (κ3) is 2.54. The molecule has 0 radical (unpaired) electrons. The maximum absolute atomic E-state index is 8.55. The molecule has 0 aliphatic rings. The highest BCUT2D eigenvalue weighted by atomic mass is 16.2.